The third kappa shape index (κ3) is 3.37. The Labute approximate surface area is 107 Å². The summed E-state index contributed by atoms with van der Waals surface area (Å²) in [5.74, 6) is 0.915. The molecule has 1 aliphatic heterocycles. The Morgan fingerprint density at radius 1 is 1.35 bits per heavy atom. The number of nitrogens with two attached hydrogens (primary N) is 1. The fraction of sp³-hybridized carbons (Fsp3) is 0.538. The molecule has 0 atom stereocenters. The minimum Gasteiger partial charge on any atom is -0.494 e. The second kappa shape index (κ2) is 6.28. The molecule has 94 valence electrons. The van der Waals surface area contributed by atoms with E-state index in [0.29, 0.717) is 13.2 Å². The summed E-state index contributed by atoms with van der Waals surface area (Å²) in [6.07, 6.45) is 2.62. The first-order valence-corrected chi connectivity index (χ1v) is 6.99. The van der Waals surface area contributed by atoms with Crippen LogP contribution in [0.5, 0.6) is 5.75 Å². The smallest absolute Gasteiger partial charge is 0.119 e. The van der Waals surface area contributed by atoms with E-state index in [1.165, 1.54) is 36.4 Å². The molecule has 4 heteroatoms. The van der Waals surface area contributed by atoms with Crippen molar-refractivity contribution in [2.45, 2.75) is 31.2 Å². The van der Waals surface area contributed by atoms with Crippen LogP contribution >= 0.6 is 11.9 Å². The highest BCUT2D eigenvalue weighted by atomic mass is 32.2. The lowest BCUT2D eigenvalue weighted by atomic mass is 10.2. The van der Waals surface area contributed by atoms with Crippen molar-refractivity contribution in [1.29, 1.82) is 0 Å². The highest BCUT2D eigenvalue weighted by Crippen LogP contribution is 2.31. The van der Waals surface area contributed by atoms with E-state index in [1.807, 2.05) is 24.9 Å². The average Bonchev–Trinajstić information content (AvgIpc) is 2.84. The van der Waals surface area contributed by atoms with Crippen molar-refractivity contribution in [3.05, 3.63) is 23.8 Å². The summed E-state index contributed by atoms with van der Waals surface area (Å²) in [4.78, 5) is 1.26. The molecule has 1 aromatic carbocycles. The molecule has 1 saturated heterocycles. The maximum Gasteiger partial charge on any atom is 0.119 e. The summed E-state index contributed by atoms with van der Waals surface area (Å²) in [6.45, 7) is 5.62. The van der Waals surface area contributed by atoms with Crippen LogP contribution in [0.1, 0.15) is 25.3 Å². The molecule has 17 heavy (non-hydrogen) atoms. The first-order chi connectivity index (χ1) is 8.33. The first kappa shape index (κ1) is 12.7. The molecule has 2 rings (SSSR count). The van der Waals surface area contributed by atoms with Crippen LogP contribution in [-0.2, 0) is 6.54 Å². The number of rotatable bonds is 5. The summed E-state index contributed by atoms with van der Waals surface area (Å²) in [5, 5.41) is 0. The summed E-state index contributed by atoms with van der Waals surface area (Å²) in [6, 6.07) is 6.21. The standard InChI is InChI=1S/C13H20N2OS/c1-2-16-12-5-6-13(11(9-12)10-14)17-15-7-3-4-8-15/h5-6,9H,2-4,7-8,10,14H2,1H3. The van der Waals surface area contributed by atoms with Gasteiger partial charge in [0.25, 0.3) is 0 Å². The molecule has 0 aromatic heterocycles. The van der Waals surface area contributed by atoms with E-state index in [1.54, 1.807) is 0 Å². The molecule has 0 amide bonds. The molecule has 0 unspecified atom stereocenters. The van der Waals surface area contributed by atoms with Gasteiger partial charge in [-0.15, -0.1) is 0 Å². The number of hydrogen-bond acceptors (Lipinski definition) is 4. The Morgan fingerprint density at radius 3 is 2.76 bits per heavy atom. The van der Waals surface area contributed by atoms with Crippen LogP contribution in [0.4, 0.5) is 0 Å². The topological polar surface area (TPSA) is 38.5 Å². The fourth-order valence-corrected chi connectivity index (χ4v) is 3.09. The third-order valence-electron chi connectivity index (χ3n) is 2.86. The van der Waals surface area contributed by atoms with Crippen LogP contribution in [0.3, 0.4) is 0 Å². The monoisotopic (exact) mass is 252 g/mol. The molecule has 1 aliphatic rings. The molecule has 2 N–H and O–H groups in total. The SMILES string of the molecule is CCOc1ccc(SN2CCCC2)c(CN)c1. The van der Waals surface area contributed by atoms with E-state index in [0.717, 1.165) is 5.75 Å². The van der Waals surface area contributed by atoms with Gasteiger partial charge in [-0.2, -0.15) is 0 Å². The molecular weight excluding hydrogens is 232 g/mol. The average molecular weight is 252 g/mol. The van der Waals surface area contributed by atoms with Crippen LogP contribution in [0, 0.1) is 0 Å². The lowest BCUT2D eigenvalue weighted by Gasteiger charge is -2.16. The first-order valence-electron chi connectivity index (χ1n) is 6.22. The van der Waals surface area contributed by atoms with Gasteiger partial charge in [-0.3, -0.25) is 0 Å². The van der Waals surface area contributed by atoms with Crippen LogP contribution in [0.2, 0.25) is 0 Å². The van der Waals surface area contributed by atoms with Crippen molar-refractivity contribution in [3.63, 3.8) is 0 Å². The van der Waals surface area contributed by atoms with Crippen molar-refractivity contribution < 1.29 is 4.74 Å². The highest BCUT2D eigenvalue weighted by molar-refractivity contribution is 7.97. The van der Waals surface area contributed by atoms with E-state index in [9.17, 15) is 0 Å². The van der Waals surface area contributed by atoms with Crippen LogP contribution < -0.4 is 10.5 Å². The largest absolute Gasteiger partial charge is 0.494 e. The molecule has 0 aliphatic carbocycles. The van der Waals surface area contributed by atoms with Crippen molar-refractivity contribution in [2.75, 3.05) is 19.7 Å². The lowest BCUT2D eigenvalue weighted by molar-refractivity contribution is 0.339. The maximum absolute atomic E-state index is 5.80. The Morgan fingerprint density at radius 2 is 2.12 bits per heavy atom. The number of hydrogen-bond donors (Lipinski definition) is 1. The highest BCUT2D eigenvalue weighted by Gasteiger charge is 2.14. The third-order valence-corrected chi connectivity index (χ3v) is 4.07. The molecule has 0 saturated carbocycles. The van der Waals surface area contributed by atoms with Gasteiger partial charge in [-0.1, -0.05) is 0 Å². The molecule has 3 nitrogen and oxygen atoms in total. The van der Waals surface area contributed by atoms with E-state index >= 15 is 0 Å². The zero-order valence-electron chi connectivity index (χ0n) is 10.3. The summed E-state index contributed by atoms with van der Waals surface area (Å²) in [7, 11) is 0. The Bertz CT molecular complexity index is 364. The summed E-state index contributed by atoms with van der Waals surface area (Å²) >= 11 is 1.83. The number of nitrogens with zero attached hydrogens (tertiary/aromatic N) is 1. The predicted molar refractivity (Wildman–Crippen MR) is 72.2 cm³/mol. The Kier molecular flexibility index (Phi) is 4.71. The van der Waals surface area contributed by atoms with E-state index in [4.69, 9.17) is 10.5 Å². The Hall–Kier alpha value is -0.710. The lowest BCUT2D eigenvalue weighted by Crippen LogP contribution is -2.10. The zero-order chi connectivity index (χ0) is 12.1. The van der Waals surface area contributed by atoms with Gasteiger partial charge in [0.1, 0.15) is 5.75 Å². The minimum atomic E-state index is 0.567. The van der Waals surface area contributed by atoms with Gasteiger partial charge in [0.15, 0.2) is 0 Å². The van der Waals surface area contributed by atoms with Gasteiger partial charge in [0.2, 0.25) is 0 Å². The zero-order valence-corrected chi connectivity index (χ0v) is 11.1. The van der Waals surface area contributed by atoms with Crippen molar-refractivity contribution in [3.8, 4) is 5.75 Å². The predicted octanol–water partition coefficient (Wildman–Crippen LogP) is 2.65. The summed E-state index contributed by atoms with van der Waals surface area (Å²) < 4.78 is 7.91. The van der Waals surface area contributed by atoms with Gasteiger partial charge in [0.05, 0.1) is 6.61 Å². The van der Waals surface area contributed by atoms with Crippen molar-refractivity contribution in [1.82, 2.24) is 4.31 Å². The van der Waals surface area contributed by atoms with Gasteiger partial charge in [0, 0.05) is 24.5 Å². The van der Waals surface area contributed by atoms with Crippen molar-refractivity contribution in [2.24, 2.45) is 5.73 Å². The molecule has 1 aromatic rings. The molecule has 0 bridgehead atoms. The molecule has 1 heterocycles. The second-order valence-electron chi connectivity index (χ2n) is 4.13. The second-order valence-corrected chi connectivity index (χ2v) is 5.27. The van der Waals surface area contributed by atoms with Crippen molar-refractivity contribution >= 4 is 11.9 Å². The summed E-state index contributed by atoms with van der Waals surface area (Å²) in [5.41, 5.74) is 6.98. The van der Waals surface area contributed by atoms with Crippen LogP contribution in [-0.4, -0.2) is 24.0 Å². The van der Waals surface area contributed by atoms with Gasteiger partial charge < -0.3 is 10.5 Å². The van der Waals surface area contributed by atoms with E-state index in [2.05, 4.69) is 16.4 Å². The number of ether oxygens (including phenoxy) is 1. The van der Waals surface area contributed by atoms with Gasteiger partial charge in [-0.05, 0) is 55.5 Å². The molecule has 0 spiro atoms. The Balaban J connectivity index is 2.09. The number of benzene rings is 1. The molecular formula is C13H20N2OS. The van der Waals surface area contributed by atoms with Gasteiger partial charge in [-0.25, -0.2) is 4.31 Å². The van der Waals surface area contributed by atoms with E-state index < -0.39 is 0 Å². The van der Waals surface area contributed by atoms with Gasteiger partial charge >= 0.3 is 0 Å². The normalized spacial score (nSPS) is 16.4. The van der Waals surface area contributed by atoms with E-state index in [-0.39, 0.29) is 0 Å². The molecule has 0 radical (unpaired) electrons. The quantitative estimate of drug-likeness (QED) is 0.818. The van der Waals surface area contributed by atoms with Crippen LogP contribution in [0.25, 0.3) is 0 Å². The molecule has 1 fully saturated rings. The van der Waals surface area contributed by atoms with Crippen LogP contribution in [0.15, 0.2) is 23.1 Å². The minimum absolute atomic E-state index is 0.567. The maximum atomic E-state index is 5.80. The fourth-order valence-electron chi connectivity index (χ4n) is 1.98.